The first-order chi connectivity index (χ1) is 11.5. The van der Waals surface area contributed by atoms with E-state index in [0.29, 0.717) is 5.02 Å². The maximum absolute atomic E-state index is 13.0. The lowest BCUT2D eigenvalue weighted by atomic mass is 9.84. The average molecular weight is 344 g/mol. The van der Waals surface area contributed by atoms with Crippen LogP contribution in [-0.4, -0.2) is 40.0 Å². The number of rotatable bonds is 4. The fourth-order valence-electron chi connectivity index (χ4n) is 3.59. The number of nitrogens with one attached hydrogen (secondary N) is 1. The van der Waals surface area contributed by atoms with Crippen molar-refractivity contribution in [1.29, 1.82) is 0 Å². The van der Waals surface area contributed by atoms with Gasteiger partial charge < -0.3 is 9.80 Å². The van der Waals surface area contributed by atoms with Crippen LogP contribution >= 0.6 is 11.6 Å². The summed E-state index contributed by atoms with van der Waals surface area (Å²) < 4.78 is 0. The number of carbonyl (C=O) groups excluding carboxylic acids is 1. The molecule has 2 aromatic rings. The first kappa shape index (κ1) is 17.0. The van der Waals surface area contributed by atoms with Crippen LogP contribution in [0.25, 0.3) is 0 Å². The number of hydrogen-bond acceptors (Lipinski definition) is 2. The molecule has 0 bridgehead atoms. The van der Waals surface area contributed by atoms with Crippen LogP contribution in [0.15, 0.2) is 48.5 Å². The zero-order valence-corrected chi connectivity index (χ0v) is 15.2. The molecule has 3 rings (SSSR count). The van der Waals surface area contributed by atoms with Crippen molar-refractivity contribution >= 4 is 23.1 Å². The number of quaternary nitrogens is 1. The largest absolute Gasteiger partial charge is 0.378 e. The predicted octanol–water partition coefficient (Wildman–Crippen LogP) is 2.52. The number of likely N-dealkylation sites (tertiary alicyclic amines) is 1. The Balaban J connectivity index is 1.86. The zero-order valence-electron chi connectivity index (χ0n) is 14.4. The molecule has 0 saturated carbocycles. The molecule has 0 aromatic heterocycles. The van der Waals surface area contributed by atoms with E-state index in [1.54, 1.807) is 12.1 Å². The van der Waals surface area contributed by atoms with Gasteiger partial charge in [0.15, 0.2) is 5.78 Å². The van der Waals surface area contributed by atoms with Crippen LogP contribution in [0.5, 0.6) is 0 Å². The van der Waals surface area contributed by atoms with Gasteiger partial charge in [-0.25, -0.2) is 0 Å². The van der Waals surface area contributed by atoms with Crippen LogP contribution in [0.1, 0.15) is 21.8 Å². The third-order valence-electron chi connectivity index (χ3n) is 4.93. The Hall–Kier alpha value is -1.84. The molecule has 1 heterocycles. The van der Waals surface area contributed by atoms with Crippen LogP contribution in [0.3, 0.4) is 0 Å². The predicted molar refractivity (Wildman–Crippen MR) is 99.4 cm³/mol. The van der Waals surface area contributed by atoms with E-state index in [-0.39, 0.29) is 17.6 Å². The topological polar surface area (TPSA) is 24.8 Å². The fraction of sp³-hybridized carbons (Fsp3) is 0.350. The Morgan fingerprint density at radius 2 is 1.67 bits per heavy atom. The van der Waals surface area contributed by atoms with Crippen LogP contribution in [0, 0.1) is 5.92 Å². The molecule has 24 heavy (non-hydrogen) atoms. The van der Waals surface area contributed by atoms with Gasteiger partial charge in [0.05, 0.1) is 26.1 Å². The molecule has 0 spiro atoms. The summed E-state index contributed by atoms with van der Waals surface area (Å²) in [7, 11) is 6.24. The van der Waals surface area contributed by atoms with E-state index in [2.05, 4.69) is 36.2 Å². The Kier molecular flexibility index (Phi) is 4.93. The van der Waals surface area contributed by atoms with E-state index in [1.165, 1.54) is 16.2 Å². The van der Waals surface area contributed by atoms with Gasteiger partial charge in [-0.3, -0.25) is 4.79 Å². The van der Waals surface area contributed by atoms with Gasteiger partial charge in [-0.15, -0.1) is 0 Å². The van der Waals surface area contributed by atoms with Crippen molar-refractivity contribution in [2.75, 3.05) is 39.1 Å². The molecule has 1 fully saturated rings. The molecule has 1 N–H and O–H groups in total. The highest BCUT2D eigenvalue weighted by Crippen LogP contribution is 2.30. The van der Waals surface area contributed by atoms with Gasteiger partial charge in [-0.2, -0.15) is 0 Å². The summed E-state index contributed by atoms with van der Waals surface area (Å²) in [6, 6.07) is 15.9. The normalized spacial score (nSPS) is 23.2. The molecular formula is C20H24ClN2O+. The summed E-state index contributed by atoms with van der Waals surface area (Å²) in [5.41, 5.74) is 3.19. The number of halogens is 1. The molecule has 4 heteroatoms. The van der Waals surface area contributed by atoms with Crippen molar-refractivity contribution in [3.63, 3.8) is 0 Å². The van der Waals surface area contributed by atoms with E-state index in [4.69, 9.17) is 11.6 Å². The van der Waals surface area contributed by atoms with Gasteiger partial charge in [-0.05, 0) is 42.0 Å². The van der Waals surface area contributed by atoms with Crippen molar-refractivity contribution in [3.05, 3.63) is 64.7 Å². The number of anilines is 1. The molecule has 126 valence electrons. The maximum atomic E-state index is 13.0. The zero-order chi connectivity index (χ0) is 17.3. The number of Topliss-reactive ketones (excluding diaryl/α,β-unsaturated/α-hetero) is 1. The third-order valence-corrected chi connectivity index (χ3v) is 5.18. The molecule has 1 aliphatic heterocycles. The van der Waals surface area contributed by atoms with Gasteiger partial charge in [0.2, 0.25) is 0 Å². The van der Waals surface area contributed by atoms with Crippen molar-refractivity contribution in [3.8, 4) is 0 Å². The van der Waals surface area contributed by atoms with E-state index < -0.39 is 0 Å². The highest BCUT2D eigenvalue weighted by atomic mass is 35.5. The molecule has 0 amide bonds. The van der Waals surface area contributed by atoms with Gasteiger partial charge >= 0.3 is 0 Å². The monoisotopic (exact) mass is 343 g/mol. The van der Waals surface area contributed by atoms with Crippen LogP contribution in [0.4, 0.5) is 5.69 Å². The van der Waals surface area contributed by atoms with Gasteiger partial charge in [-0.1, -0.05) is 23.7 Å². The molecule has 1 aliphatic rings. The molecule has 0 radical (unpaired) electrons. The number of carbonyl (C=O) groups is 1. The highest BCUT2D eigenvalue weighted by Gasteiger charge is 2.40. The fourth-order valence-corrected chi connectivity index (χ4v) is 3.72. The molecule has 1 saturated heterocycles. The van der Waals surface area contributed by atoms with Crippen LogP contribution < -0.4 is 9.80 Å². The van der Waals surface area contributed by atoms with E-state index in [0.717, 1.165) is 18.7 Å². The first-order valence-corrected chi connectivity index (χ1v) is 8.72. The van der Waals surface area contributed by atoms with Gasteiger partial charge in [0.1, 0.15) is 0 Å². The van der Waals surface area contributed by atoms with Crippen molar-refractivity contribution in [1.82, 2.24) is 0 Å². The molecular weight excluding hydrogens is 320 g/mol. The average Bonchev–Trinajstić information content (AvgIpc) is 2.97. The Labute approximate surface area is 148 Å². The quantitative estimate of drug-likeness (QED) is 0.863. The molecule has 3 atom stereocenters. The molecule has 0 aliphatic carbocycles. The Morgan fingerprint density at radius 1 is 1.04 bits per heavy atom. The van der Waals surface area contributed by atoms with Crippen molar-refractivity contribution < 1.29 is 9.69 Å². The lowest BCUT2D eigenvalue weighted by molar-refractivity contribution is -0.867. The van der Waals surface area contributed by atoms with Crippen LogP contribution in [0.2, 0.25) is 5.02 Å². The second-order valence-electron chi connectivity index (χ2n) is 6.94. The van der Waals surface area contributed by atoms with E-state index in [9.17, 15) is 4.79 Å². The summed E-state index contributed by atoms with van der Waals surface area (Å²) in [4.78, 5) is 16.5. The summed E-state index contributed by atoms with van der Waals surface area (Å²) in [6.07, 6.45) is 0. The Morgan fingerprint density at radius 3 is 2.25 bits per heavy atom. The SMILES string of the molecule is CN(C)c1ccc([C@H]2C[NH+](C)C[C@H]2C(=O)c2ccc(Cl)cc2)cc1. The lowest BCUT2D eigenvalue weighted by Crippen LogP contribution is -3.07. The third kappa shape index (κ3) is 3.47. The molecule has 2 aromatic carbocycles. The van der Waals surface area contributed by atoms with Gasteiger partial charge in [0, 0.05) is 36.3 Å². The smallest absolute Gasteiger partial charge is 0.172 e. The minimum absolute atomic E-state index is 0.0244. The summed E-state index contributed by atoms with van der Waals surface area (Å²) in [5, 5.41) is 0.663. The highest BCUT2D eigenvalue weighted by molar-refractivity contribution is 6.30. The summed E-state index contributed by atoms with van der Waals surface area (Å²) >= 11 is 5.94. The molecule has 3 nitrogen and oxygen atoms in total. The summed E-state index contributed by atoms with van der Waals surface area (Å²) in [5.74, 6) is 0.519. The Bertz CT molecular complexity index is 709. The first-order valence-electron chi connectivity index (χ1n) is 8.34. The number of ketones is 1. The van der Waals surface area contributed by atoms with E-state index >= 15 is 0 Å². The number of nitrogens with zero attached hydrogens (tertiary/aromatic N) is 1. The van der Waals surface area contributed by atoms with Crippen LogP contribution in [-0.2, 0) is 0 Å². The van der Waals surface area contributed by atoms with Crippen molar-refractivity contribution in [2.24, 2.45) is 5.92 Å². The van der Waals surface area contributed by atoms with Gasteiger partial charge in [0.25, 0.3) is 0 Å². The minimum atomic E-state index is 0.0244. The lowest BCUT2D eigenvalue weighted by Gasteiger charge is -2.17. The number of likely N-dealkylation sites (N-methyl/N-ethyl adjacent to an activating group) is 1. The summed E-state index contributed by atoms with van der Waals surface area (Å²) in [6.45, 7) is 1.87. The maximum Gasteiger partial charge on any atom is 0.172 e. The molecule has 1 unspecified atom stereocenters. The van der Waals surface area contributed by atoms with E-state index in [1.807, 2.05) is 26.2 Å². The standard InChI is InChI=1S/C20H23ClN2O/c1-22(2)17-10-6-14(7-11-17)18-12-23(3)13-19(18)20(24)15-4-8-16(21)9-5-15/h4-11,18-19H,12-13H2,1-3H3/p+1/t18-,19-/m1/s1. The number of benzene rings is 2. The minimum Gasteiger partial charge on any atom is -0.378 e. The van der Waals surface area contributed by atoms with Crippen molar-refractivity contribution in [2.45, 2.75) is 5.92 Å². The number of hydrogen-bond donors (Lipinski definition) is 1. The second kappa shape index (κ2) is 6.96. The second-order valence-corrected chi connectivity index (χ2v) is 7.37.